The zero-order chi connectivity index (χ0) is 18.5. The monoisotopic (exact) mass is 459 g/mol. The van der Waals surface area contributed by atoms with Gasteiger partial charge in [0.15, 0.2) is 0 Å². The van der Waals surface area contributed by atoms with Crippen LogP contribution in [0.2, 0.25) is 0 Å². The molecule has 0 radical (unpaired) electrons. The summed E-state index contributed by atoms with van der Waals surface area (Å²) in [5.74, 6) is 0. The van der Waals surface area contributed by atoms with Gasteiger partial charge in [0.25, 0.3) is 5.69 Å². The first-order valence-corrected chi connectivity index (χ1v) is 8.77. The average Bonchev–Trinajstić information content (AvgIpc) is 2.64. The molecule has 0 unspecified atom stereocenters. The summed E-state index contributed by atoms with van der Waals surface area (Å²) in [4.78, 5) is 22.3. The molecule has 0 bridgehead atoms. The number of urea groups is 1. The molecule has 0 aliphatic rings. The predicted octanol–water partition coefficient (Wildman–Crippen LogP) is 5.51. The van der Waals surface area contributed by atoms with Crippen molar-refractivity contribution in [3.63, 3.8) is 0 Å². The first kappa shape index (κ1) is 17.9. The summed E-state index contributed by atoms with van der Waals surface area (Å²) in [7, 11) is 0. The Morgan fingerprint density at radius 1 is 0.769 bits per heavy atom. The number of amides is 2. The van der Waals surface area contributed by atoms with Crippen molar-refractivity contribution in [1.82, 2.24) is 0 Å². The first-order chi connectivity index (χ1) is 12.5. The molecule has 0 saturated carbocycles. The maximum absolute atomic E-state index is 12.0. The SMILES string of the molecule is O=C(Nc1ccc(I)cc1)Nc1ccc(-c2ccc([N+](=O)[O-])cc2)cc1. The molecule has 26 heavy (non-hydrogen) atoms. The van der Waals surface area contributed by atoms with E-state index in [0.29, 0.717) is 11.4 Å². The molecule has 0 aliphatic carbocycles. The fourth-order valence-corrected chi connectivity index (χ4v) is 2.71. The maximum atomic E-state index is 12.0. The number of halogens is 1. The van der Waals surface area contributed by atoms with E-state index in [9.17, 15) is 14.9 Å². The van der Waals surface area contributed by atoms with Crippen molar-refractivity contribution in [3.05, 3.63) is 86.5 Å². The van der Waals surface area contributed by atoms with Crippen molar-refractivity contribution in [2.75, 3.05) is 10.6 Å². The molecular weight excluding hydrogens is 445 g/mol. The number of hydrogen-bond donors (Lipinski definition) is 2. The number of hydrogen-bond acceptors (Lipinski definition) is 3. The molecule has 6 nitrogen and oxygen atoms in total. The second kappa shape index (κ2) is 7.96. The third-order valence-electron chi connectivity index (χ3n) is 3.66. The third-order valence-corrected chi connectivity index (χ3v) is 4.38. The van der Waals surface area contributed by atoms with Crippen molar-refractivity contribution in [1.29, 1.82) is 0 Å². The lowest BCUT2D eigenvalue weighted by Crippen LogP contribution is -2.19. The summed E-state index contributed by atoms with van der Waals surface area (Å²) in [5, 5.41) is 16.2. The maximum Gasteiger partial charge on any atom is 0.323 e. The lowest BCUT2D eigenvalue weighted by molar-refractivity contribution is -0.384. The molecule has 7 heteroatoms. The number of anilines is 2. The van der Waals surface area contributed by atoms with Gasteiger partial charge in [-0.1, -0.05) is 12.1 Å². The van der Waals surface area contributed by atoms with Crippen LogP contribution in [-0.2, 0) is 0 Å². The van der Waals surface area contributed by atoms with Gasteiger partial charge in [0.1, 0.15) is 0 Å². The van der Waals surface area contributed by atoms with Gasteiger partial charge in [-0.15, -0.1) is 0 Å². The molecule has 2 N–H and O–H groups in total. The van der Waals surface area contributed by atoms with E-state index in [1.807, 2.05) is 36.4 Å². The van der Waals surface area contributed by atoms with Crippen LogP contribution in [0.1, 0.15) is 0 Å². The van der Waals surface area contributed by atoms with Gasteiger partial charge in [0.2, 0.25) is 0 Å². The first-order valence-electron chi connectivity index (χ1n) is 7.70. The number of non-ortho nitro benzene ring substituents is 1. The van der Waals surface area contributed by atoms with E-state index in [-0.39, 0.29) is 11.7 Å². The largest absolute Gasteiger partial charge is 0.323 e. The van der Waals surface area contributed by atoms with Gasteiger partial charge in [0, 0.05) is 27.1 Å². The van der Waals surface area contributed by atoms with Gasteiger partial charge < -0.3 is 10.6 Å². The Balaban J connectivity index is 1.64. The minimum atomic E-state index is -0.428. The number of nitro groups is 1. The Morgan fingerprint density at radius 3 is 1.65 bits per heavy atom. The molecule has 0 atom stereocenters. The summed E-state index contributed by atoms with van der Waals surface area (Å²) in [6.07, 6.45) is 0. The highest BCUT2D eigenvalue weighted by molar-refractivity contribution is 14.1. The van der Waals surface area contributed by atoms with Crippen molar-refractivity contribution < 1.29 is 9.72 Å². The number of nitrogens with one attached hydrogen (secondary N) is 2. The van der Waals surface area contributed by atoms with E-state index in [0.717, 1.165) is 14.7 Å². The molecular formula is C19H14IN3O3. The lowest BCUT2D eigenvalue weighted by atomic mass is 10.1. The Kier molecular flexibility index (Phi) is 5.47. The van der Waals surface area contributed by atoms with E-state index in [4.69, 9.17) is 0 Å². The number of nitro benzene ring substituents is 1. The second-order valence-corrected chi connectivity index (χ2v) is 6.71. The van der Waals surface area contributed by atoms with Crippen LogP contribution in [0, 0.1) is 13.7 Å². The van der Waals surface area contributed by atoms with Crippen LogP contribution in [-0.4, -0.2) is 11.0 Å². The molecule has 0 spiro atoms. The molecule has 0 fully saturated rings. The van der Waals surface area contributed by atoms with E-state index in [1.54, 1.807) is 24.3 Å². The van der Waals surface area contributed by atoms with E-state index in [1.165, 1.54) is 12.1 Å². The van der Waals surface area contributed by atoms with Crippen molar-refractivity contribution in [2.24, 2.45) is 0 Å². The van der Waals surface area contributed by atoms with E-state index < -0.39 is 4.92 Å². The van der Waals surface area contributed by atoms with Gasteiger partial charge in [-0.25, -0.2) is 4.79 Å². The molecule has 0 saturated heterocycles. The molecule has 0 aromatic heterocycles. The van der Waals surface area contributed by atoms with Crippen LogP contribution in [0.3, 0.4) is 0 Å². The van der Waals surface area contributed by atoms with Crippen LogP contribution in [0.15, 0.2) is 72.8 Å². The standard InChI is InChI=1S/C19H14IN3O3/c20-15-5-9-17(10-6-15)22-19(24)21-16-7-1-13(2-8-16)14-3-11-18(12-4-14)23(25)26/h1-12H,(H2,21,22,24). The highest BCUT2D eigenvalue weighted by Gasteiger charge is 2.06. The Bertz CT molecular complexity index is 924. The van der Waals surface area contributed by atoms with Crippen LogP contribution in [0.4, 0.5) is 21.9 Å². The van der Waals surface area contributed by atoms with Crippen LogP contribution >= 0.6 is 22.6 Å². The second-order valence-electron chi connectivity index (χ2n) is 5.47. The summed E-state index contributed by atoms with van der Waals surface area (Å²) in [5.41, 5.74) is 3.19. The van der Waals surface area contributed by atoms with Crippen LogP contribution in [0.25, 0.3) is 11.1 Å². The lowest BCUT2D eigenvalue weighted by Gasteiger charge is -2.09. The number of rotatable bonds is 4. The molecule has 130 valence electrons. The summed E-state index contributed by atoms with van der Waals surface area (Å²) in [6.45, 7) is 0. The van der Waals surface area contributed by atoms with Crippen molar-refractivity contribution in [3.8, 4) is 11.1 Å². The Morgan fingerprint density at radius 2 is 1.19 bits per heavy atom. The van der Waals surface area contributed by atoms with E-state index >= 15 is 0 Å². The summed E-state index contributed by atoms with van der Waals surface area (Å²) in [6, 6.07) is 20.8. The van der Waals surface area contributed by atoms with E-state index in [2.05, 4.69) is 33.2 Å². The van der Waals surface area contributed by atoms with Gasteiger partial charge in [-0.2, -0.15) is 0 Å². The van der Waals surface area contributed by atoms with Crippen LogP contribution in [0.5, 0.6) is 0 Å². The fourth-order valence-electron chi connectivity index (χ4n) is 2.35. The van der Waals surface area contributed by atoms with Gasteiger partial charge in [-0.05, 0) is 82.2 Å². The minimum absolute atomic E-state index is 0.0549. The quantitative estimate of drug-likeness (QED) is 0.307. The zero-order valence-electron chi connectivity index (χ0n) is 13.5. The average molecular weight is 459 g/mol. The molecule has 3 aromatic rings. The fraction of sp³-hybridized carbons (Fsp3) is 0. The zero-order valence-corrected chi connectivity index (χ0v) is 15.6. The minimum Gasteiger partial charge on any atom is -0.308 e. The molecule has 2 amide bonds. The molecule has 3 aromatic carbocycles. The molecule has 0 aliphatic heterocycles. The van der Waals surface area contributed by atoms with Gasteiger partial charge in [0.05, 0.1) is 4.92 Å². The Labute approximate surface area is 163 Å². The Hall–Kier alpha value is -2.94. The summed E-state index contributed by atoms with van der Waals surface area (Å²) >= 11 is 2.20. The topological polar surface area (TPSA) is 84.3 Å². The number of carbonyl (C=O) groups is 1. The molecule has 0 heterocycles. The van der Waals surface area contributed by atoms with Gasteiger partial charge >= 0.3 is 6.03 Å². The molecule has 3 rings (SSSR count). The van der Waals surface area contributed by atoms with Crippen LogP contribution < -0.4 is 10.6 Å². The summed E-state index contributed by atoms with van der Waals surface area (Å²) < 4.78 is 1.09. The van der Waals surface area contributed by atoms with Crippen molar-refractivity contribution >= 4 is 45.7 Å². The highest BCUT2D eigenvalue weighted by Crippen LogP contribution is 2.24. The number of benzene rings is 3. The third kappa shape index (κ3) is 4.57. The predicted molar refractivity (Wildman–Crippen MR) is 110 cm³/mol. The smallest absolute Gasteiger partial charge is 0.308 e. The number of carbonyl (C=O) groups excluding carboxylic acids is 1. The van der Waals surface area contributed by atoms with Crippen molar-refractivity contribution in [2.45, 2.75) is 0 Å². The highest BCUT2D eigenvalue weighted by atomic mass is 127. The van der Waals surface area contributed by atoms with Gasteiger partial charge in [-0.3, -0.25) is 10.1 Å². The number of nitrogens with zero attached hydrogens (tertiary/aromatic N) is 1. The normalized spacial score (nSPS) is 10.2.